The molecule has 140 valence electrons. The van der Waals surface area contributed by atoms with Gasteiger partial charge in [0.15, 0.2) is 5.69 Å². The van der Waals surface area contributed by atoms with Gasteiger partial charge in [-0.05, 0) is 55.3 Å². The van der Waals surface area contributed by atoms with Gasteiger partial charge in [0.1, 0.15) is 0 Å². The van der Waals surface area contributed by atoms with E-state index in [1.807, 2.05) is 13.8 Å². The van der Waals surface area contributed by atoms with Gasteiger partial charge in [0, 0.05) is 12.7 Å². The van der Waals surface area contributed by atoms with Gasteiger partial charge >= 0.3 is 6.18 Å². The Hall–Kier alpha value is -3.16. The largest absolute Gasteiger partial charge is 0.416 e. The molecule has 0 spiro atoms. The number of aromatic nitrogens is 2. The van der Waals surface area contributed by atoms with Crippen LogP contribution < -0.4 is 10.9 Å². The molecule has 0 radical (unpaired) electrons. The van der Waals surface area contributed by atoms with Crippen LogP contribution in [0.5, 0.6) is 0 Å². The minimum atomic E-state index is -4.53. The molecule has 5 nitrogen and oxygen atoms in total. The van der Waals surface area contributed by atoms with Crippen molar-refractivity contribution in [1.29, 1.82) is 0 Å². The fourth-order valence-electron chi connectivity index (χ4n) is 2.69. The van der Waals surface area contributed by atoms with E-state index in [-0.39, 0.29) is 11.4 Å². The first kappa shape index (κ1) is 18.6. The Bertz CT molecular complexity index is 1120. The molecule has 0 atom stereocenters. The van der Waals surface area contributed by atoms with Crippen molar-refractivity contribution in [1.82, 2.24) is 9.55 Å². The first-order valence-electron chi connectivity index (χ1n) is 8.04. The lowest BCUT2D eigenvalue weighted by Crippen LogP contribution is -2.30. The predicted molar refractivity (Wildman–Crippen MR) is 95.9 cm³/mol. The number of carbonyl (C=O) groups excluding carboxylic acids is 1. The Balaban J connectivity index is 2.03. The van der Waals surface area contributed by atoms with Crippen molar-refractivity contribution in [2.45, 2.75) is 20.0 Å². The molecule has 1 amide bonds. The summed E-state index contributed by atoms with van der Waals surface area (Å²) >= 11 is 0. The minimum absolute atomic E-state index is 0.0705. The maximum absolute atomic E-state index is 12.8. The summed E-state index contributed by atoms with van der Waals surface area (Å²) in [6, 6.07) is 7.74. The molecule has 0 bridgehead atoms. The fourth-order valence-corrected chi connectivity index (χ4v) is 2.69. The lowest BCUT2D eigenvalue weighted by atomic mass is 10.1. The zero-order chi connectivity index (χ0) is 19.9. The lowest BCUT2D eigenvalue weighted by molar-refractivity contribution is -0.137. The van der Waals surface area contributed by atoms with Crippen LogP contribution in [-0.2, 0) is 13.2 Å². The van der Waals surface area contributed by atoms with Gasteiger partial charge in [0.25, 0.3) is 11.5 Å². The van der Waals surface area contributed by atoms with Crippen LogP contribution in [0.1, 0.15) is 27.2 Å². The van der Waals surface area contributed by atoms with Gasteiger partial charge in [-0.3, -0.25) is 9.59 Å². The molecule has 0 aliphatic heterocycles. The molecule has 8 heteroatoms. The Morgan fingerprint density at radius 1 is 1.11 bits per heavy atom. The summed E-state index contributed by atoms with van der Waals surface area (Å²) < 4.78 is 39.7. The molecule has 3 aromatic rings. The van der Waals surface area contributed by atoms with Crippen LogP contribution in [0, 0.1) is 13.8 Å². The van der Waals surface area contributed by atoms with E-state index < -0.39 is 23.2 Å². The van der Waals surface area contributed by atoms with Crippen molar-refractivity contribution in [3.63, 3.8) is 0 Å². The van der Waals surface area contributed by atoms with Gasteiger partial charge in [-0.1, -0.05) is 6.07 Å². The zero-order valence-corrected chi connectivity index (χ0v) is 14.8. The molecule has 0 unspecified atom stereocenters. The van der Waals surface area contributed by atoms with Gasteiger partial charge in [-0.15, -0.1) is 0 Å². The zero-order valence-electron chi connectivity index (χ0n) is 14.8. The molecule has 0 aliphatic carbocycles. The number of benzene rings is 2. The third kappa shape index (κ3) is 3.55. The number of anilines is 1. The minimum Gasteiger partial charge on any atom is -0.320 e. The summed E-state index contributed by atoms with van der Waals surface area (Å²) in [7, 11) is 1.52. The standard InChI is InChI=1S/C19H16F3N3O2/c1-10-7-14-15(8-11(10)2)25(3)18(27)16(24-14)17(26)23-13-6-4-5-12(9-13)19(20,21)22/h4-9H,1-3H3,(H,23,26). The molecule has 0 fully saturated rings. The topological polar surface area (TPSA) is 64.0 Å². The number of rotatable bonds is 2. The number of amides is 1. The van der Waals surface area contributed by atoms with Crippen LogP contribution >= 0.6 is 0 Å². The number of alkyl halides is 3. The summed E-state index contributed by atoms with van der Waals surface area (Å²) in [5.74, 6) is -0.866. The van der Waals surface area contributed by atoms with Gasteiger partial charge < -0.3 is 9.88 Å². The Morgan fingerprint density at radius 2 is 1.78 bits per heavy atom. The molecule has 27 heavy (non-hydrogen) atoms. The number of carbonyl (C=O) groups is 1. The van der Waals surface area contributed by atoms with Crippen molar-refractivity contribution in [2.24, 2.45) is 7.05 Å². The number of aryl methyl sites for hydroxylation is 3. The number of halogens is 3. The first-order valence-corrected chi connectivity index (χ1v) is 8.04. The molecular formula is C19H16F3N3O2. The summed E-state index contributed by atoms with van der Waals surface area (Å²) in [4.78, 5) is 29.1. The van der Waals surface area contributed by atoms with E-state index in [2.05, 4.69) is 10.3 Å². The Kier molecular flexibility index (Phi) is 4.51. The molecule has 3 rings (SSSR count). The van der Waals surface area contributed by atoms with E-state index >= 15 is 0 Å². The van der Waals surface area contributed by atoms with Gasteiger partial charge in [0.05, 0.1) is 16.6 Å². The van der Waals surface area contributed by atoms with E-state index in [1.165, 1.54) is 23.7 Å². The van der Waals surface area contributed by atoms with Gasteiger partial charge in [0.2, 0.25) is 0 Å². The lowest BCUT2D eigenvalue weighted by Gasteiger charge is -2.12. The quantitative estimate of drug-likeness (QED) is 0.741. The average Bonchev–Trinajstić information content (AvgIpc) is 2.59. The summed E-state index contributed by atoms with van der Waals surface area (Å²) in [6.45, 7) is 3.78. The molecule has 1 heterocycles. The Labute approximate surface area is 152 Å². The maximum atomic E-state index is 12.8. The molecule has 2 aromatic carbocycles. The highest BCUT2D eigenvalue weighted by Gasteiger charge is 2.30. The van der Waals surface area contributed by atoms with E-state index in [9.17, 15) is 22.8 Å². The van der Waals surface area contributed by atoms with Crippen LogP contribution in [0.15, 0.2) is 41.2 Å². The summed E-state index contributed by atoms with van der Waals surface area (Å²) in [5, 5.41) is 2.31. The second-order valence-electron chi connectivity index (χ2n) is 6.28. The van der Waals surface area contributed by atoms with Crippen molar-refractivity contribution in [2.75, 3.05) is 5.32 Å². The highest BCUT2D eigenvalue weighted by atomic mass is 19.4. The van der Waals surface area contributed by atoms with E-state index in [0.29, 0.717) is 11.0 Å². The fraction of sp³-hybridized carbons (Fsp3) is 0.211. The van der Waals surface area contributed by atoms with Gasteiger partial charge in [-0.25, -0.2) is 4.98 Å². The number of nitrogens with one attached hydrogen (secondary N) is 1. The van der Waals surface area contributed by atoms with Crippen LogP contribution in [0.2, 0.25) is 0 Å². The average molecular weight is 375 g/mol. The monoisotopic (exact) mass is 375 g/mol. The molecule has 0 aliphatic rings. The van der Waals surface area contributed by atoms with E-state index in [4.69, 9.17) is 0 Å². The number of fused-ring (bicyclic) bond motifs is 1. The van der Waals surface area contributed by atoms with E-state index in [0.717, 1.165) is 23.3 Å². The van der Waals surface area contributed by atoms with Gasteiger partial charge in [-0.2, -0.15) is 13.2 Å². The van der Waals surface area contributed by atoms with Crippen molar-refractivity contribution < 1.29 is 18.0 Å². The summed E-state index contributed by atoms with van der Waals surface area (Å²) in [6.07, 6.45) is -4.53. The molecule has 0 saturated carbocycles. The van der Waals surface area contributed by atoms with Crippen molar-refractivity contribution in [3.8, 4) is 0 Å². The first-order chi connectivity index (χ1) is 12.6. The molecule has 1 aromatic heterocycles. The number of hydrogen-bond acceptors (Lipinski definition) is 3. The van der Waals surface area contributed by atoms with Crippen LogP contribution in [0.25, 0.3) is 11.0 Å². The maximum Gasteiger partial charge on any atom is 0.416 e. The summed E-state index contributed by atoms with van der Waals surface area (Å²) in [5.41, 5.74) is 0.956. The van der Waals surface area contributed by atoms with Crippen molar-refractivity contribution in [3.05, 3.63) is 69.1 Å². The molecule has 0 saturated heterocycles. The predicted octanol–water partition coefficient (Wildman–Crippen LogP) is 3.82. The molecular weight excluding hydrogens is 359 g/mol. The van der Waals surface area contributed by atoms with Crippen LogP contribution in [0.3, 0.4) is 0 Å². The second-order valence-corrected chi connectivity index (χ2v) is 6.28. The normalized spacial score (nSPS) is 11.6. The smallest absolute Gasteiger partial charge is 0.320 e. The third-order valence-corrected chi connectivity index (χ3v) is 4.35. The SMILES string of the molecule is Cc1cc2nc(C(=O)Nc3cccc(C(F)(F)F)c3)c(=O)n(C)c2cc1C. The highest BCUT2D eigenvalue weighted by Crippen LogP contribution is 2.30. The number of hydrogen-bond donors (Lipinski definition) is 1. The van der Waals surface area contributed by atoms with Crippen LogP contribution in [-0.4, -0.2) is 15.5 Å². The Morgan fingerprint density at radius 3 is 2.44 bits per heavy atom. The second kappa shape index (κ2) is 6.53. The number of nitrogens with zero attached hydrogens (tertiary/aromatic N) is 2. The van der Waals surface area contributed by atoms with Crippen LogP contribution in [0.4, 0.5) is 18.9 Å². The highest BCUT2D eigenvalue weighted by molar-refractivity contribution is 6.03. The third-order valence-electron chi connectivity index (χ3n) is 4.35. The van der Waals surface area contributed by atoms with E-state index in [1.54, 1.807) is 12.1 Å². The van der Waals surface area contributed by atoms with Crippen molar-refractivity contribution >= 4 is 22.6 Å². The molecule has 1 N–H and O–H groups in total.